The smallest absolute Gasteiger partial charge is 0.339 e. The number of carboxylic acid groups (broad SMARTS) is 2. The highest BCUT2D eigenvalue weighted by Gasteiger charge is 2.06. The highest BCUT2D eigenvalue weighted by molar-refractivity contribution is 7.80. The van der Waals surface area contributed by atoms with Crippen molar-refractivity contribution >= 4 is 24.6 Å². The summed E-state index contributed by atoms with van der Waals surface area (Å²) in [5, 5.41) is 25.3. The Hall–Kier alpha value is -1.73. The maximum atomic E-state index is 10.3. The van der Waals surface area contributed by atoms with Crippen molar-refractivity contribution in [2.75, 3.05) is 5.75 Å². The van der Waals surface area contributed by atoms with Crippen molar-refractivity contribution in [2.24, 2.45) is 5.73 Å². The van der Waals surface area contributed by atoms with Gasteiger partial charge in [0.15, 0.2) is 0 Å². The second kappa shape index (κ2) is 7.53. The molecule has 0 saturated heterocycles. The van der Waals surface area contributed by atoms with Gasteiger partial charge in [0.05, 0.1) is 0 Å². The maximum Gasteiger partial charge on any atom is 0.339 e. The number of phenols is 1. The molecule has 0 saturated carbocycles. The van der Waals surface area contributed by atoms with Crippen molar-refractivity contribution < 1.29 is 24.9 Å². The molecule has 0 radical (unpaired) electrons. The molecule has 1 atom stereocenters. The largest absolute Gasteiger partial charge is 0.507 e. The van der Waals surface area contributed by atoms with Crippen LogP contribution in [0.3, 0.4) is 0 Å². The fourth-order valence-corrected chi connectivity index (χ4v) is 0.889. The molecule has 0 aliphatic heterocycles. The number of aliphatic carboxylic acids is 1. The van der Waals surface area contributed by atoms with Gasteiger partial charge in [-0.05, 0) is 12.1 Å². The highest BCUT2D eigenvalue weighted by atomic mass is 32.1. The number of carboxylic acids is 2. The molecule has 0 bridgehead atoms. The van der Waals surface area contributed by atoms with Crippen molar-refractivity contribution in [3.8, 4) is 5.75 Å². The van der Waals surface area contributed by atoms with Gasteiger partial charge in [0.1, 0.15) is 17.4 Å². The number of nitrogens with two attached hydrogens (primary N) is 1. The lowest BCUT2D eigenvalue weighted by molar-refractivity contribution is -0.137. The Morgan fingerprint density at radius 2 is 1.82 bits per heavy atom. The van der Waals surface area contributed by atoms with Gasteiger partial charge < -0.3 is 21.1 Å². The lowest BCUT2D eigenvalue weighted by Crippen LogP contribution is -2.31. The predicted molar refractivity (Wildman–Crippen MR) is 64.5 cm³/mol. The fraction of sp³-hybridized carbons (Fsp3) is 0.200. The van der Waals surface area contributed by atoms with Crippen LogP contribution in [-0.4, -0.2) is 39.1 Å². The molecule has 7 heteroatoms. The van der Waals surface area contributed by atoms with E-state index in [4.69, 9.17) is 21.1 Å². The summed E-state index contributed by atoms with van der Waals surface area (Å²) >= 11 is 3.65. The number of para-hydroxylation sites is 1. The number of carbonyl (C=O) groups is 2. The Labute approximate surface area is 103 Å². The van der Waals surface area contributed by atoms with Crippen molar-refractivity contribution in [1.29, 1.82) is 0 Å². The van der Waals surface area contributed by atoms with E-state index in [1.54, 1.807) is 12.1 Å². The number of hydrogen-bond acceptors (Lipinski definition) is 5. The van der Waals surface area contributed by atoms with Gasteiger partial charge >= 0.3 is 11.9 Å². The van der Waals surface area contributed by atoms with E-state index in [2.05, 4.69) is 12.6 Å². The maximum absolute atomic E-state index is 10.3. The molecule has 1 unspecified atom stereocenters. The number of benzene rings is 1. The van der Waals surface area contributed by atoms with Crippen LogP contribution in [0.2, 0.25) is 0 Å². The Morgan fingerprint density at radius 3 is 2.06 bits per heavy atom. The molecule has 0 heterocycles. The van der Waals surface area contributed by atoms with Crippen LogP contribution in [0.15, 0.2) is 24.3 Å². The third-order valence-corrected chi connectivity index (χ3v) is 2.04. The first-order chi connectivity index (χ1) is 7.90. The van der Waals surface area contributed by atoms with Crippen LogP contribution >= 0.6 is 12.6 Å². The zero-order chi connectivity index (χ0) is 13.4. The summed E-state index contributed by atoms with van der Waals surface area (Å²) in [6.45, 7) is 0. The van der Waals surface area contributed by atoms with Crippen LogP contribution in [0, 0.1) is 0 Å². The molecule has 5 N–H and O–H groups in total. The van der Waals surface area contributed by atoms with E-state index in [1.807, 2.05) is 0 Å². The van der Waals surface area contributed by atoms with E-state index in [-0.39, 0.29) is 17.1 Å². The topological polar surface area (TPSA) is 121 Å². The van der Waals surface area contributed by atoms with Crippen molar-refractivity contribution in [2.45, 2.75) is 6.04 Å². The molecule has 0 amide bonds. The van der Waals surface area contributed by atoms with Gasteiger partial charge in [0.25, 0.3) is 0 Å². The summed E-state index contributed by atoms with van der Waals surface area (Å²) in [5.74, 6) is -2.13. The van der Waals surface area contributed by atoms with E-state index in [0.29, 0.717) is 0 Å². The lowest BCUT2D eigenvalue weighted by Gasteiger charge is -1.96. The Kier molecular flexibility index (Phi) is 6.76. The monoisotopic (exact) mass is 259 g/mol. The molecule has 1 aromatic rings. The van der Waals surface area contributed by atoms with Gasteiger partial charge in [-0.25, -0.2) is 4.79 Å². The van der Waals surface area contributed by atoms with E-state index in [9.17, 15) is 9.59 Å². The molecular formula is C10H13NO5S. The average Bonchev–Trinajstić information content (AvgIpc) is 2.28. The SMILES string of the molecule is NC(CS)C(=O)O.O=C(O)c1ccccc1O. The third-order valence-electron chi connectivity index (χ3n) is 1.65. The van der Waals surface area contributed by atoms with Crippen LogP contribution in [0.1, 0.15) is 10.4 Å². The fourth-order valence-electron chi connectivity index (χ4n) is 0.733. The molecule has 6 nitrogen and oxygen atoms in total. The molecule has 0 aromatic heterocycles. The summed E-state index contributed by atoms with van der Waals surface area (Å²) < 4.78 is 0. The summed E-state index contributed by atoms with van der Waals surface area (Å²) in [4.78, 5) is 20.0. The standard InChI is InChI=1S/C7H6O3.C3H7NO2S/c8-6-4-2-1-3-5(6)7(9)10;4-2(1-7)3(5)6/h1-4,8H,(H,9,10);2,7H,1,4H2,(H,5,6). The first-order valence-electron chi connectivity index (χ1n) is 4.50. The quantitative estimate of drug-likeness (QED) is 0.502. The molecule has 0 spiro atoms. The number of thiol groups is 1. The number of aromatic hydroxyl groups is 1. The molecule has 0 fully saturated rings. The summed E-state index contributed by atoms with van der Waals surface area (Å²) in [7, 11) is 0. The zero-order valence-corrected chi connectivity index (χ0v) is 9.67. The summed E-state index contributed by atoms with van der Waals surface area (Å²) in [5.41, 5.74) is 4.87. The first kappa shape index (κ1) is 15.3. The molecule has 1 aromatic carbocycles. The summed E-state index contributed by atoms with van der Waals surface area (Å²) in [6.07, 6.45) is 0. The Balaban J connectivity index is 0.000000325. The Bertz CT molecular complexity index is 396. The second-order valence-corrected chi connectivity index (χ2v) is 3.31. The number of hydrogen-bond donors (Lipinski definition) is 5. The molecule has 94 valence electrons. The zero-order valence-electron chi connectivity index (χ0n) is 8.78. The highest BCUT2D eigenvalue weighted by Crippen LogP contribution is 2.14. The molecule has 17 heavy (non-hydrogen) atoms. The van der Waals surface area contributed by atoms with Gasteiger partial charge in [-0.2, -0.15) is 12.6 Å². The van der Waals surface area contributed by atoms with Crippen LogP contribution in [0.25, 0.3) is 0 Å². The van der Waals surface area contributed by atoms with Crippen LogP contribution in [0.5, 0.6) is 5.75 Å². The molecule has 0 aliphatic rings. The van der Waals surface area contributed by atoms with Crippen molar-refractivity contribution in [3.63, 3.8) is 0 Å². The van der Waals surface area contributed by atoms with E-state index < -0.39 is 18.0 Å². The molecule has 0 aliphatic carbocycles. The third kappa shape index (κ3) is 5.79. The molecular weight excluding hydrogens is 246 g/mol. The predicted octanol–water partition coefficient (Wildman–Crippen LogP) is 0.418. The van der Waals surface area contributed by atoms with E-state index >= 15 is 0 Å². The van der Waals surface area contributed by atoms with Crippen LogP contribution < -0.4 is 5.73 Å². The van der Waals surface area contributed by atoms with Crippen LogP contribution in [-0.2, 0) is 4.79 Å². The van der Waals surface area contributed by atoms with Gasteiger partial charge in [0, 0.05) is 5.75 Å². The van der Waals surface area contributed by atoms with Crippen molar-refractivity contribution in [3.05, 3.63) is 29.8 Å². The summed E-state index contributed by atoms with van der Waals surface area (Å²) in [6, 6.07) is 5.00. The lowest BCUT2D eigenvalue weighted by atomic mass is 10.2. The van der Waals surface area contributed by atoms with Gasteiger partial charge in [0.2, 0.25) is 0 Å². The Morgan fingerprint density at radius 1 is 1.29 bits per heavy atom. The minimum Gasteiger partial charge on any atom is -0.507 e. The van der Waals surface area contributed by atoms with Gasteiger partial charge in [-0.1, -0.05) is 12.1 Å². The number of rotatable bonds is 3. The van der Waals surface area contributed by atoms with Gasteiger partial charge in [-0.15, -0.1) is 0 Å². The minimum absolute atomic E-state index is 0.0671. The number of aromatic carboxylic acids is 1. The minimum atomic E-state index is -1.11. The van der Waals surface area contributed by atoms with E-state index in [1.165, 1.54) is 12.1 Å². The van der Waals surface area contributed by atoms with Crippen molar-refractivity contribution in [1.82, 2.24) is 0 Å². The molecule has 1 rings (SSSR count). The second-order valence-electron chi connectivity index (χ2n) is 2.95. The van der Waals surface area contributed by atoms with Crippen LogP contribution in [0.4, 0.5) is 0 Å². The normalized spacial score (nSPS) is 10.9. The average molecular weight is 259 g/mol. The van der Waals surface area contributed by atoms with Gasteiger partial charge in [-0.3, -0.25) is 4.79 Å². The first-order valence-corrected chi connectivity index (χ1v) is 5.14. The van der Waals surface area contributed by atoms with E-state index in [0.717, 1.165) is 0 Å².